The summed E-state index contributed by atoms with van der Waals surface area (Å²) >= 11 is 0. The van der Waals surface area contributed by atoms with Crippen LogP contribution in [-0.4, -0.2) is 24.6 Å². The molecule has 0 radical (unpaired) electrons. The van der Waals surface area contributed by atoms with E-state index in [0.29, 0.717) is 12.4 Å². The lowest BCUT2D eigenvalue weighted by molar-refractivity contribution is -0.130. The molecule has 0 amide bonds. The zero-order chi connectivity index (χ0) is 12.1. The predicted molar refractivity (Wildman–Crippen MR) is 65.5 cm³/mol. The standard InChI is InChI=1S/C14H18O3/c1-2-16-14-9-12(8-13(10-15)17-14)11-6-4-3-5-7-11/h3-8,12,14-15H,2,9-10H2,1H3/t12-,14+/m1/s1. The van der Waals surface area contributed by atoms with E-state index in [2.05, 4.69) is 12.1 Å². The Balaban J connectivity index is 2.16. The molecule has 0 saturated carbocycles. The molecule has 1 heterocycles. The highest BCUT2D eigenvalue weighted by atomic mass is 16.7. The van der Waals surface area contributed by atoms with Crippen LogP contribution in [0.4, 0.5) is 0 Å². The molecular formula is C14H18O3. The molecule has 0 bridgehead atoms. The van der Waals surface area contributed by atoms with Gasteiger partial charge in [-0.15, -0.1) is 0 Å². The highest BCUT2D eigenvalue weighted by molar-refractivity contribution is 5.25. The zero-order valence-corrected chi connectivity index (χ0v) is 10.0. The van der Waals surface area contributed by atoms with Gasteiger partial charge in [-0.2, -0.15) is 0 Å². The van der Waals surface area contributed by atoms with Crippen molar-refractivity contribution in [3.8, 4) is 0 Å². The lowest BCUT2D eigenvalue weighted by Crippen LogP contribution is -2.25. The zero-order valence-electron chi connectivity index (χ0n) is 10.0. The van der Waals surface area contributed by atoms with Crippen LogP contribution in [0.5, 0.6) is 0 Å². The van der Waals surface area contributed by atoms with Gasteiger partial charge in [-0.05, 0) is 18.6 Å². The lowest BCUT2D eigenvalue weighted by atomic mass is 9.93. The molecule has 3 nitrogen and oxygen atoms in total. The number of aliphatic hydroxyl groups is 1. The molecule has 17 heavy (non-hydrogen) atoms. The molecule has 0 fully saturated rings. The molecule has 1 aromatic rings. The molecule has 1 aliphatic heterocycles. The molecule has 2 rings (SSSR count). The fourth-order valence-corrected chi connectivity index (χ4v) is 2.07. The van der Waals surface area contributed by atoms with Gasteiger partial charge in [-0.3, -0.25) is 0 Å². The van der Waals surface area contributed by atoms with Gasteiger partial charge in [0.25, 0.3) is 0 Å². The Kier molecular flexibility index (Phi) is 4.18. The monoisotopic (exact) mass is 234 g/mol. The molecule has 1 N–H and O–H groups in total. The molecule has 0 spiro atoms. The first-order valence-electron chi connectivity index (χ1n) is 5.98. The van der Waals surface area contributed by atoms with E-state index in [1.807, 2.05) is 31.2 Å². The molecule has 0 unspecified atom stereocenters. The molecule has 0 aliphatic carbocycles. The van der Waals surface area contributed by atoms with Crippen LogP contribution in [-0.2, 0) is 9.47 Å². The molecule has 0 aromatic heterocycles. The summed E-state index contributed by atoms with van der Waals surface area (Å²) in [6.45, 7) is 2.48. The van der Waals surface area contributed by atoms with E-state index >= 15 is 0 Å². The molecule has 1 aromatic carbocycles. The first-order valence-corrected chi connectivity index (χ1v) is 5.98. The van der Waals surface area contributed by atoms with Crippen LogP contribution in [0.3, 0.4) is 0 Å². The smallest absolute Gasteiger partial charge is 0.200 e. The van der Waals surface area contributed by atoms with Crippen molar-refractivity contribution in [2.75, 3.05) is 13.2 Å². The van der Waals surface area contributed by atoms with E-state index in [0.717, 1.165) is 6.42 Å². The van der Waals surface area contributed by atoms with E-state index in [1.165, 1.54) is 5.56 Å². The second kappa shape index (κ2) is 5.84. The van der Waals surface area contributed by atoms with Gasteiger partial charge >= 0.3 is 0 Å². The maximum atomic E-state index is 9.19. The summed E-state index contributed by atoms with van der Waals surface area (Å²) < 4.78 is 11.0. The summed E-state index contributed by atoms with van der Waals surface area (Å²) in [6.07, 6.45) is 2.52. The van der Waals surface area contributed by atoms with Gasteiger partial charge in [0.1, 0.15) is 12.4 Å². The lowest BCUT2D eigenvalue weighted by Gasteiger charge is -2.29. The van der Waals surface area contributed by atoms with Crippen molar-refractivity contribution in [2.45, 2.75) is 25.6 Å². The topological polar surface area (TPSA) is 38.7 Å². The van der Waals surface area contributed by atoms with Crippen LogP contribution in [0, 0.1) is 0 Å². The van der Waals surface area contributed by atoms with Crippen molar-refractivity contribution in [2.24, 2.45) is 0 Å². The third kappa shape index (κ3) is 3.08. The molecular weight excluding hydrogens is 216 g/mol. The molecule has 1 aliphatic rings. The van der Waals surface area contributed by atoms with Crippen LogP contribution in [0.15, 0.2) is 42.2 Å². The van der Waals surface area contributed by atoms with E-state index in [-0.39, 0.29) is 18.8 Å². The normalized spacial score (nSPS) is 24.0. The molecule has 2 atom stereocenters. The van der Waals surface area contributed by atoms with Gasteiger partial charge in [-0.25, -0.2) is 0 Å². The van der Waals surface area contributed by atoms with Gasteiger partial charge in [-0.1, -0.05) is 30.3 Å². The minimum Gasteiger partial charge on any atom is -0.467 e. The summed E-state index contributed by atoms with van der Waals surface area (Å²) in [4.78, 5) is 0. The van der Waals surface area contributed by atoms with E-state index in [9.17, 15) is 5.11 Å². The first-order chi connectivity index (χ1) is 8.33. The van der Waals surface area contributed by atoms with Crippen LogP contribution < -0.4 is 0 Å². The van der Waals surface area contributed by atoms with E-state index in [1.54, 1.807) is 0 Å². The Morgan fingerprint density at radius 1 is 1.35 bits per heavy atom. The van der Waals surface area contributed by atoms with Gasteiger partial charge < -0.3 is 14.6 Å². The average molecular weight is 234 g/mol. The van der Waals surface area contributed by atoms with Crippen molar-refractivity contribution in [3.05, 3.63) is 47.7 Å². The summed E-state index contributed by atoms with van der Waals surface area (Å²) in [7, 11) is 0. The fraction of sp³-hybridized carbons (Fsp3) is 0.429. The highest BCUT2D eigenvalue weighted by Crippen LogP contribution is 2.30. The SMILES string of the molecule is CCO[C@@H]1C[C@H](c2ccccc2)C=C(CO)O1. The highest BCUT2D eigenvalue weighted by Gasteiger charge is 2.24. The number of allylic oxidation sites excluding steroid dienone is 1. The number of ether oxygens (including phenoxy) is 2. The van der Waals surface area contributed by atoms with Gasteiger partial charge in [0.05, 0.1) is 0 Å². The maximum Gasteiger partial charge on any atom is 0.200 e. The summed E-state index contributed by atoms with van der Waals surface area (Å²) in [5.74, 6) is 0.854. The Morgan fingerprint density at radius 3 is 2.76 bits per heavy atom. The van der Waals surface area contributed by atoms with Gasteiger partial charge in [0.2, 0.25) is 0 Å². The summed E-state index contributed by atoms with van der Waals surface area (Å²) in [5, 5.41) is 9.19. The van der Waals surface area contributed by atoms with Crippen LogP contribution in [0.25, 0.3) is 0 Å². The fourth-order valence-electron chi connectivity index (χ4n) is 2.07. The third-order valence-corrected chi connectivity index (χ3v) is 2.85. The predicted octanol–water partition coefficient (Wildman–Crippen LogP) is 2.43. The number of hydrogen-bond acceptors (Lipinski definition) is 3. The van der Waals surface area contributed by atoms with E-state index < -0.39 is 0 Å². The number of benzene rings is 1. The van der Waals surface area contributed by atoms with Crippen molar-refractivity contribution >= 4 is 0 Å². The van der Waals surface area contributed by atoms with Crippen molar-refractivity contribution < 1.29 is 14.6 Å². The van der Waals surface area contributed by atoms with E-state index in [4.69, 9.17) is 9.47 Å². The molecule has 92 valence electrons. The van der Waals surface area contributed by atoms with Crippen molar-refractivity contribution in [1.82, 2.24) is 0 Å². The third-order valence-electron chi connectivity index (χ3n) is 2.85. The number of aliphatic hydroxyl groups excluding tert-OH is 1. The van der Waals surface area contributed by atoms with Crippen LogP contribution in [0.1, 0.15) is 24.8 Å². The first kappa shape index (κ1) is 12.1. The summed E-state index contributed by atoms with van der Waals surface area (Å²) in [6, 6.07) is 10.2. The van der Waals surface area contributed by atoms with Crippen molar-refractivity contribution in [1.29, 1.82) is 0 Å². The van der Waals surface area contributed by atoms with Crippen LogP contribution >= 0.6 is 0 Å². The van der Waals surface area contributed by atoms with Crippen LogP contribution in [0.2, 0.25) is 0 Å². The number of hydrogen-bond donors (Lipinski definition) is 1. The average Bonchev–Trinajstić information content (AvgIpc) is 2.40. The minimum absolute atomic E-state index is 0.0765. The Bertz CT molecular complexity index is 372. The largest absolute Gasteiger partial charge is 0.467 e. The second-order valence-electron chi connectivity index (χ2n) is 4.05. The van der Waals surface area contributed by atoms with Gasteiger partial charge in [0, 0.05) is 18.9 Å². The Labute approximate surface area is 102 Å². The van der Waals surface area contributed by atoms with Gasteiger partial charge in [0.15, 0.2) is 6.29 Å². The van der Waals surface area contributed by atoms with Crippen molar-refractivity contribution in [3.63, 3.8) is 0 Å². The quantitative estimate of drug-likeness (QED) is 0.869. The molecule has 0 saturated heterocycles. The second-order valence-corrected chi connectivity index (χ2v) is 4.05. The summed E-state index contributed by atoms with van der Waals surface area (Å²) in [5.41, 5.74) is 1.23. The Morgan fingerprint density at radius 2 is 2.12 bits per heavy atom. The minimum atomic E-state index is -0.252. The Hall–Kier alpha value is -1.32. The molecule has 3 heteroatoms. The maximum absolute atomic E-state index is 9.19. The number of rotatable bonds is 4.